The minimum absolute atomic E-state index is 0.497. The molecule has 0 aliphatic heterocycles. The van der Waals surface area contributed by atoms with Crippen molar-refractivity contribution < 1.29 is 9.84 Å². The van der Waals surface area contributed by atoms with Gasteiger partial charge in [-0.05, 0) is 41.6 Å². The number of pyridine rings is 1. The van der Waals surface area contributed by atoms with Crippen LogP contribution in [0.3, 0.4) is 0 Å². The van der Waals surface area contributed by atoms with Gasteiger partial charge in [0.25, 0.3) is 0 Å². The Morgan fingerprint density at radius 2 is 2.05 bits per heavy atom. The summed E-state index contributed by atoms with van der Waals surface area (Å²) in [6.07, 6.45) is 4.87. The summed E-state index contributed by atoms with van der Waals surface area (Å²) in [4.78, 5) is 5.07. The summed E-state index contributed by atoms with van der Waals surface area (Å²) in [5, 5.41) is 13.3. The van der Waals surface area contributed by atoms with E-state index in [0.717, 1.165) is 21.8 Å². The molecule has 1 atom stereocenters. The van der Waals surface area contributed by atoms with Crippen molar-refractivity contribution in [2.75, 3.05) is 19.9 Å². The first kappa shape index (κ1) is 15.8. The van der Waals surface area contributed by atoms with Crippen LogP contribution < -0.4 is 10.1 Å². The minimum Gasteiger partial charge on any atom is -0.496 e. The monoisotopic (exact) mass is 304 g/mol. The maximum Gasteiger partial charge on any atom is 0.132 e. The van der Waals surface area contributed by atoms with E-state index in [2.05, 4.69) is 22.4 Å². The van der Waals surface area contributed by atoms with Crippen LogP contribution in [0.25, 0.3) is 0 Å². The van der Waals surface area contributed by atoms with Gasteiger partial charge in [-0.15, -0.1) is 11.8 Å². The molecule has 4 nitrogen and oxygen atoms in total. The van der Waals surface area contributed by atoms with E-state index in [1.807, 2.05) is 24.5 Å². The van der Waals surface area contributed by atoms with Crippen LogP contribution in [0.2, 0.25) is 0 Å². The molecule has 0 saturated carbocycles. The van der Waals surface area contributed by atoms with Crippen LogP contribution in [0.5, 0.6) is 5.75 Å². The zero-order chi connectivity index (χ0) is 15.1. The van der Waals surface area contributed by atoms with Gasteiger partial charge in [-0.3, -0.25) is 4.98 Å². The molecule has 0 bridgehead atoms. The Balaban J connectivity index is 1.89. The molecule has 2 N–H and O–H groups in total. The highest BCUT2D eigenvalue weighted by Gasteiger charge is 2.07. The van der Waals surface area contributed by atoms with Crippen LogP contribution in [0.1, 0.15) is 17.2 Å². The Morgan fingerprint density at radius 1 is 1.29 bits per heavy atom. The zero-order valence-electron chi connectivity index (χ0n) is 12.2. The summed E-state index contributed by atoms with van der Waals surface area (Å²) in [6.45, 7) is 1.18. The van der Waals surface area contributed by atoms with Crippen molar-refractivity contribution in [1.29, 1.82) is 0 Å². The number of methoxy groups -OCH3 is 1. The van der Waals surface area contributed by atoms with Crippen LogP contribution in [0.15, 0.2) is 47.6 Å². The van der Waals surface area contributed by atoms with E-state index < -0.39 is 6.10 Å². The fraction of sp³-hybridized carbons (Fsp3) is 0.312. The molecule has 112 valence electrons. The Kier molecular flexibility index (Phi) is 6.04. The zero-order valence-corrected chi connectivity index (χ0v) is 13.1. The molecular weight excluding hydrogens is 284 g/mol. The average molecular weight is 304 g/mol. The lowest BCUT2D eigenvalue weighted by Crippen LogP contribution is -2.21. The second-order valence-electron chi connectivity index (χ2n) is 4.62. The summed E-state index contributed by atoms with van der Waals surface area (Å²) in [7, 11) is 1.68. The van der Waals surface area contributed by atoms with Crippen LogP contribution in [-0.2, 0) is 6.54 Å². The first-order valence-electron chi connectivity index (χ1n) is 6.74. The van der Waals surface area contributed by atoms with Crippen molar-refractivity contribution in [1.82, 2.24) is 10.3 Å². The first-order valence-corrected chi connectivity index (χ1v) is 7.96. The highest BCUT2D eigenvalue weighted by atomic mass is 32.2. The molecule has 0 saturated heterocycles. The number of thioether (sulfide) groups is 1. The molecule has 1 unspecified atom stereocenters. The average Bonchev–Trinajstić information content (AvgIpc) is 2.55. The van der Waals surface area contributed by atoms with Gasteiger partial charge in [-0.2, -0.15) is 0 Å². The molecular formula is C16H20N2O2S. The largest absolute Gasteiger partial charge is 0.496 e. The second kappa shape index (κ2) is 8.02. The summed E-state index contributed by atoms with van der Waals surface area (Å²) in [6, 6.07) is 9.79. The number of aliphatic hydroxyl groups is 1. The molecule has 0 aliphatic carbocycles. The molecule has 5 heteroatoms. The lowest BCUT2D eigenvalue weighted by molar-refractivity contribution is 0.174. The number of benzene rings is 1. The van der Waals surface area contributed by atoms with Gasteiger partial charge in [0, 0.05) is 30.4 Å². The predicted molar refractivity (Wildman–Crippen MR) is 85.7 cm³/mol. The van der Waals surface area contributed by atoms with Crippen molar-refractivity contribution in [2.45, 2.75) is 17.5 Å². The van der Waals surface area contributed by atoms with E-state index in [0.29, 0.717) is 13.1 Å². The molecule has 0 radical (unpaired) electrons. The van der Waals surface area contributed by atoms with E-state index in [-0.39, 0.29) is 0 Å². The Bertz CT molecular complexity index is 563. The van der Waals surface area contributed by atoms with Crippen molar-refractivity contribution in [3.05, 3.63) is 53.9 Å². The molecule has 0 spiro atoms. The van der Waals surface area contributed by atoms with E-state index in [4.69, 9.17) is 4.74 Å². The van der Waals surface area contributed by atoms with E-state index in [1.54, 1.807) is 31.3 Å². The number of ether oxygens (including phenoxy) is 1. The third kappa shape index (κ3) is 4.46. The van der Waals surface area contributed by atoms with Crippen molar-refractivity contribution in [3.63, 3.8) is 0 Å². The fourth-order valence-corrected chi connectivity index (χ4v) is 2.59. The number of nitrogens with zero attached hydrogens (tertiary/aromatic N) is 1. The van der Waals surface area contributed by atoms with Gasteiger partial charge in [-0.1, -0.05) is 6.07 Å². The van der Waals surface area contributed by atoms with Gasteiger partial charge in [0.15, 0.2) is 0 Å². The second-order valence-corrected chi connectivity index (χ2v) is 5.46. The number of rotatable bonds is 7. The third-order valence-corrected chi connectivity index (χ3v) is 3.98. The van der Waals surface area contributed by atoms with Gasteiger partial charge in [-0.25, -0.2) is 0 Å². The molecule has 21 heavy (non-hydrogen) atoms. The van der Waals surface area contributed by atoms with E-state index in [9.17, 15) is 5.11 Å². The maximum absolute atomic E-state index is 10.1. The number of nitrogens with one attached hydrogen (secondary N) is 1. The molecule has 0 amide bonds. The van der Waals surface area contributed by atoms with Crippen molar-refractivity contribution in [2.24, 2.45) is 0 Å². The van der Waals surface area contributed by atoms with Crippen LogP contribution in [0.4, 0.5) is 0 Å². The molecule has 0 fully saturated rings. The van der Waals surface area contributed by atoms with E-state index >= 15 is 0 Å². The molecule has 1 aromatic carbocycles. The Morgan fingerprint density at radius 3 is 2.71 bits per heavy atom. The lowest BCUT2D eigenvalue weighted by Gasteiger charge is -2.13. The maximum atomic E-state index is 10.1. The van der Waals surface area contributed by atoms with Gasteiger partial charge in [0.05, 0.1) is 13.2 Å². The summed E-state index contributed by atoms with van der Waals surface area (Å²) in [5.74, 6) is 0.886. The minimum atomic E-state index is -0.527. The Hall–Kier alpha value is -1.56. The molecule has 2 rings (SSSR count). The number of hydrogen-bond acceptors (Lipinski definition) is 5. The van der Waals surface area contributed by atoms with Crippen LogP contribution in [-0.4, -0.2) is 30.0 Å². The molecule has 1 aromatic heterocycles. The standard InChI is InChI=1S/C16H20N2O2S/c1-20-15-9-12(3-4-16(15)21-2)10-18-11-14(19)13-5-7-17-8-6-13/h3-9,14,18-19H,10-11H2,1-2H3. The quantitative estimate of drug-likeness (QED) is 0.770. The number of hydrogen-bond donors (Lipinski definition) is 2. The smallest absolute Gasteiger partial charge is 0.132 e. The van der Waals surface area contributed by atoms with Gasteiger partial charge >= 0.3 is 0 Å². The molecule has 0 aliphatic rings. The Labute approximate surface area is 129 Å². The van der Waals surface area contributed by atoms with Crippen LogP contribution in [0, 0.1) is 0 Å². The molecule has 2 aromatic rings. The third-order valence-electron chi connectivity index (χ3n) is 3.21. The van der Waals surface area contributed by atoms with Gasteiger partial charge in [0.2, 0.25) is 0 Å². The van der Waals surface area contributed by atoms with Gasteiger partial charge in [0.1, 0.15) is 5.75 Å². The summed E-state index contributed by atoms with van der Waals surface area (Å²) < 4.78 is 5.37. The predicted octanol–water partition coefficient (Wildman–Crippen LogP) is 2.64. The van der Waals surface area contributed by atoms with Gasteiger partial charge < -0.3 is 15.2 Å². The first-order chi connectivity index (χ1) is 10.2. The fourth-order valence-electron chi connectivity index (χ4n) is 2.05. The normalized spacial score (nSPS) is 12.1. The van der Waals surface area contributed by atoms with Crippen molar-refractivity contribution >= 4 is 11.8 Å². The van der Waals surface area contributed by atoms with E-state index in [1.165, 1.54) is 0 Å². The topological polar surface area (TPSA) is 54.4 Å². The number of aromatic nitrogens is 1. The SMILES string of the molecule is COc1cc(CNCC(O)c2ccncc2)ccc1SC. The lowest BCUT2D eigenvalue weighted by atomic mass is 10.1. The highest BCUT2D eigenvalue weighted by Crippen LogP contribution is 2.28. The highest BCUT2D eigenvalue weighted by molar-refractivity contribution is 7.98. The van der Waals surface area contributed by atoms with Crippen molar-refractivity contribution in [3.8, 4) is 5.75 Å². The summed E-state index contributed by atoms with van der Waals surface area (Å²) in [5.41, 5.74) is 2.00. The molecule has 1 heterocycles. The summed E-state index contributed by atoms with van der Waals surface area (Å²) >= 11 is 1.66. The number of aliphatic hydroxyl groups excluding tert-OH is 1. The van der Waals surface area contributed by atoms with Crippen LogP contribution >= 0.6 is 11.8 Å².